The van der Waals surface area contributed by atoms with E-state index in [2.05, 4.69) is 4.98 Å². The highest BCUT2D eigenvalue weighted by Gasteiger charge is 2.10. The molecule has 19 heavy (non-hydrogen) atoms. The molecule has 3 N–H and O–H groups in total. The van der Waals surface area contributed by atoms with E-state index in [9.17, 15) is 5.11 Å². The van der Waals surface area contributed by atoms with Gasteiger partial charge in [0, 0.05) is 12.4 Å². The van der Waals surface area contributed by atoms with Crippen molar-refractivity contribution in [2.24, 2.45) is 0 Å². The zero-order valence-electron chi connectivity index (χ0n) is 10.2. The number of aromatic nitrogens is 2. The molecule has 0 spiro atoms. The number of aliphatic hydroxyl groups is 1. The highest BCUT2D eigenvalue weighted by Crippen LogP contribution is 2.19. The van der Waals surface area contributed by atoms with Crippen molar-refractivity contribution in [2.75, 3.05) is 12.3 Å². The van der Waals surface area contributed by atoms with Crippen molar-refractivity contribution in [3.63, 3.8) is 0 Å². The van der Waals surface area contributed by atoms with Crippen molar-refractivity contribution in [3.8, 4) is 11.8 Å². The monoisotopic (exact) mass is 258 g/mol. The second-order valence-corrected chi connectivity index (χ2v) is 4.02. The smallest absolute Gasteiger partial charge is 0.212 e. The van der Waals surface area contributed by atoms with Gasteiger partial charge in [0.15, 0.2) is 0 Å². The Balaban J connectivity index is 1.91. The number of benzene rings is 1. The van der Waals surface area contributed by atoms with Gasteiger partial charge in [-0.05, 0) is 12.1 Å². The Morgan fingerprint density at radius 1 is 1.47 bits per heavy atom. The van der Waals surface area contributed by atoms with Crippen LogP contribution in [0.15, 0.2) is 36.7 Å². The Morgan fingerprint density at radius 2 is 2.26 bits per heavy atom. The molecule has 1 atom stereocenters. The van der Waals surface area contributed by atoms with Gasteiger partial charge in [-0.2, -0.15) is 5.26 Å². The van der Waals surface area contributed by atoms with Crippen molar-refractivity contribution < 1.29 is 9.84 Å². The molecule has 1 unspecified atom stereocenters. The number of nitrogens with zero attached hydrogens (tertiary/aromatic N) is 3. The van der Waals surface area contributed by atoms with E-state index < -0.39 is 6.10 Å². The van der Waals surface area contributed by atoms with Crippen molar-refractivity contribution in [1.82, 2.24) is 9.55 Å². The molecule has 0 bridgehead atoms. The third-order valence-corrected chi connectivity index (χ3v) is 2.57. The van der Waals surface area contributed by atoms with Crippen LogP contribution < -0.4 is 10.5 Å². The molecule has 1 aromatic heterocycles. The van der Waals surface area contributed by atoms with Crippen LogP contribution in [-0.4, -0.2) is 27.4 Å². The number of nitriles is 1. The fraction of sp³-hybridized carbons (Fsp3) is 0.231. The molecule has 6 nitrogen and oxygen atoms in total. The summed E-state index contributed by atoms with van der Waals surface area (Å²) in [5.41, 5.74) is 6.25. The van der Waals surface area contributed by atoms with Crippen LogP contribution in [0.5, 0.6) is 5.75 Å². The molecule has 0 aliphatic rings. The van der Waals surface area contributed by atoms with Crippen LogP contribution >= 0.6 is 0 Å². The summed E-state index contributed by atoms with van der Waals surface area (Å²) in [6.07, 6.45) is 2.40. The predicted octanol–water partition coefficient (Wildman–Crippen LogP) is 0.777. The van der Waals surface area contributed by atoms with Gasteiger partial charge in [-0.1, -0.05) is 12.1 Å². The molecule has 2 rings (SSSR count). The molecule has 0 fully saturated rings. The van der Waals surface area contributed by atoms with Gasteiger partial charge in [-0.25, -0.2) is 4.98 Å². The van der Waals surface area contributed by atoms with E-state index in [1.165, 1.54) is 6.20 Å². The summed E-state index contributed by atoms with van der Waals surface area (Å²) < 4.78 is 7.00. The summed E-state index contributed by atoms with van der Waals surface area (Å²) in [6, 6.07) is 9.02. The quantitative estimate of drug-likeness (QED) is 0.772. The average molecular weight is 258 g/mol. The molecule has 98 valence electrons. The number of para-hydroxylation sites is 2. The van der Waals surface area contributed by atoms with Crippen molar-refractivity contribution in [3.05, 3.63) is 42.5 Å². The standard InChI is InChI=1S/C13H14N4O2/c14-7-13-16-5-6-17(13)8-10(18)9-19-12-4-2-1-3-11(12)15/h1-6,10,18H,8-9,15H2. The van der Waals surface area contributed by atoms with Crippen LogP contribution in [0, 0.1) is 11.3 Å². The number of anilines is 1. The first-order valence-corrected chi connectivity index (χ1v) is 5.77. The Bertz CT molecular complexity index is 588. The summed E-state index contributed by atoms with van der Waals surface area (Å²) in [4.78, 5) is 3.85. The molecule has 1 aromatic carbocycles. The predicted molar refractivity (Wildman–Crippen MR) is 69.3 cm³/mol. The molecule has 6 heteroatoms. The lowest BCUT2D eigenvalue weighted by Gasteiger charge is -2.14. The van der Waals surface area contributed by atoms with E-state index in [0.717, 1.165) is 0 Å². The molecule has 1 heterocycles. The maximum atomic E-state index is 9.87. The van der Waals surface area contributed by atoms with Gasteiger partial charge in [0.1, 0.15) is 24.5 Å². The first-order chi connectivity index (χ1) is 9.20. The van der Waals surface area contributed by atoms with Gasteiger partial charge >= 0.3 is 0 Å². The molecule has 2 aromatic rings. The number of hydrogen-bond donors (Lipinski definition) is 2. The lowest BCUT2D eigenvalue weighted by Crippen LogP contribution is -2.24. The molecule has 0 aliphatic heterocycles. The highest BCUT2D eigenvalue weighted by molar-refractivity contribution is 5.51. The van der Waals surface area contributed by atoms with Gasteiger partial charge in [-0.15, -0.1) is 0 Å². The maximum Gasteiger partial charge on any atom is 0.212 e. The zero-order valence-corrected chi connectivity index (χ0v) is 10.2. The maximum absolute atomic E-state index is 9.87. The van der Waals surface area contributed by atoms with Crippen LogP contribution in [0.4, 0.5) is 5.69 Å². The normalized spacial score (nSPS) is 11.8. The molecule has 0 saturated heterocycles. The highest BCUT2D eigenvalue weighted by atomic mass is 16.5. The zero-order chi connectivity index (χ0) is 13.7. The van der Waals surface area contributed by atoms with E-state index in [0.29, 0.717) is 11.4 Å². The number of ether oxygens (including phenoxy) is 1. The molecular weight excluding hydrogens is 244 g/mol. The molecule has 0 radical (unpaired) electrons. The van der Waals surface area contributed by atoms with Crippen LogP contribution in [0.25, 0.3) is 0 Å². The average Bonchev–Trinajstić information content (AvgIpc) is 2.85. The van der Waals surface area contributed by atoms with Gasteiger partial charge in [0.2, 0.25) is 5.82 Å². The minimum Gasteiger partial charge on any atom is -0.489 e. The molecular formula is C13H14N4O2. The minimum absolute atomic E-state index is 0.0945. The Kier molecular flexibility index (Phi) is 4.00. The Labute approximate surface area is 110 Å². The first-order valence-electron chi connectivity index (χ1n) is 5.77. The topological polar surface area (TPSA) is 97.1 Å². The van der Waals surface area contributed by atoms with E-state index in [1.54, 1.807) is 22.9 Å². The number of hydrogen-bond acceptors (Lipinski definition) is 5. The largest absolute Gasteiger partial charge is 0.489 e. The number of imidazole rings is 1. The Hall–Kier alpha value is -2.52. The van der Waals surface area contributed by atoms with Crippen LogP contribution in [0.3, 0.4) is 0 Å². The SMILES string of the molecule is N#Cc1nccn1CC(O)COc1ccccc1N. The number of aliphatic hydroxyl groups excluding tert-OH is 1. The first kappa shape index (κ1) is 12.9. The summed E-state index contributed by atoms with van der Waals surface area (Å²) >= 11 is 0. The fourth-order valence-electron chi connectivity index (χ4n) is 1.65. The van der Waals surface area contributed by atoms with Crippen LogP contribution in [-0.2, 0) is 6.54 Å². The number of nitrogens with two attached hydrogens (primary N) is 1. The Morgan fingerprint density at radius 3 is 3.00 bits per heavy atom. The molecule has 0 aliphatic carbocycles. The molecule has 0 amide bonds. The van der Waals surface area contributed by atoms with E-state index in [1.807, 2.05) is 18.2 Å². The lowest BCUT2D eigenvalue weighted by molar-refractivity contribution is 0.0926. The second kappa shape index (κ2) is 5.89. The van der Waals surface area contributed by atoms with Gasteiger partial charge in [-0.3, -0.25) is 0 Å². The minimum atomic E-state index is -0.749. The van der Waals surface area contributed by atoms with E-state index in [4.69, 9.17) is 15.7 Å². The van der Waals surface area contributed by atoms with Crippen molar-refractivity contribution >= 4 is 5.69 Å². The summed E-state index contributed by atoms with van der Waals surface area (Å²) in [5.74, 6) is 0.797. The third-order valence-electron chi connectivity index (χ3n) is 2.57. The van der Waals surface area contributed by atoms with E-state index in [-0.39, 0.29) is 19.0 Å². The number of rotatable bonds is 5. The van der Waals surface area contributed by atoms with Gasteiger partial charge in [0.05, 0.1) is 12.2 Å². The summed E-state index contributed by atoms with van der Waals surface area (Å²) in [7, 11) is 0. The number of nitrogen functional groups attached to an aromatic ring is 1. The summed E-state index contributed by atoms with van der Waals surface area (Å²) in [5, 5.41) is 18.7. The van der Waals surface area contributed by atoms with Gasteiger partial charge in [0.25, 0.3) is 0 Å². The third kappa shape index (κ3) is 3.24. The van der Waals surface area contributed by atoms with Crippen LogP contribution in [0.2, 0.25) is 0 Å². The lowest BCUT2D eigenvalue weighted by atomic mass is 10.3. The second-order valence-electron chi connectivity index (χ2n) is 4.02. The van der Waals surface area contributed by atoms with E-state index >= 15 is 0 Å². The van der Waals surface area contributed by atoms with Crippen molar-refractivity contribution in [1.29, 1.82) is 5.26 Å². The van der Waals surface area contributed by atoms with Gasteiger partial charge < -0.3 is 20.1 Å². The molecule has 0 saturated carbocycles. The fourth-order valence-corrected chi connectivity index (χ4v) is 1.65. The summed E-state index contributed by atoms with van der Waals surface area (Å²) in [6.45, 7) is 0.340. The van der Waals surface area contributed by atoms with Crippen molar-refractivity contribution in [2.45, 2.75) is 12.6 Å². The van der Waals surface area contributed by atoms with Crippen LogP contribution in [0.1, 0.15) is 5.82 Å².